The number of hydrogen-bond acceptors (Lipinski definition) is 5. The van der Waals surface area contributed by atoms with Crippen LogP contribution in [0.25, 0.3) is 0 Å². The maximum atomic E-state index is 13.4. The lowest BCUT2D eigenvalue weighted by Gasteiger charge is -2.34. The van der Waals surface area contributed by atoms with Crippen LogP contribution >= 0.6 is 0 Å². The van der Waals surface area contributed by atoms with Crippen molar-refractivity contribution in [2.75, 3.05) is 22.8 Å². The van der Waals surface area contributed by atoms with Crippen LogP contribution in [0.15, 0.2) is 77.7 Å². The third-order valence-electron chi connectivity index (χ3n) is 5.07. The Kier molecular flexibility index (Phi) is 6.05. The van der Waals surface area contributed by atoms with Crippen molar-refractivity contribution in [2.24, 2.45) is 0 Å². The standard InChI is InChI=1S/C24H24N2O5S/c1-3-30-19-12-10-18(11-13-19)25-24(27)23-16-26(21-6-4-5-7-22(21)31-23)32(28,29)20-14-8-17(2)9-15-20/h4-15,23H,3,16H2,1-2H3,(H,25,27). The molecule has 0 aromatic heterocycles. The van der Waals surface area contributed by atoms with Crippen molar-refractivity contribution in [3.8, 4) is 11.5 Å². The number of para-hydroxylation sites is 2. The highest BCUT2D eigenvalue weighted by molar-refractivity contribution is 7.92. The van der Waals surface area contributed by atoms with Gasteiger partial charge in [-0.15, -0.1) is 0 Å². The highest BCUT2D eigenvalue weighted by Crippen LogP contribution is 2.37. The lowest BCUT2D eigenvalue weighted by Crippen LogP contribution is -2.48. The van der Waals surface area contributed by atoms with Gasteiger partial charge in [-0.05, 0) is 62.4 Å². The second-order valence-electron chi connectivity index (χ2n) is 7.37. The van der Waals surface area contributed by atoms with Crippen LogP contribution in [-0.4, -0.2) is 33.6 Å². The minimum absolute atomic E-state index is 0.143. The molecule has 7 nitrogen and oxygen atoms in total. The first-order valence-electron chi connectivity index (χ1n) is 10.3. The van der Waals surface area contributed by atoms with E-state index in [2.05, 4.69) is 5.32 Å². The van der Waals surface area contributed by atoms with Gasteiger partial charge in [-0.2, -0.15) is 0 Å². The van der Waals surface area contributed by atoms with Gasteiger partial charge < -0.3 is 14.8 Å². The number of anilines is 2. The van der Waals surface area contributed by atoms with Gasteiger partial charge in [-0.25, -0.2) is 8.42 Å². The minimum atomic E-state index is -3.89. The maximum Gasteiger partial charge on any atom is 0.267 e. The van der Waals surface area contributed by atoms with Crippen LogP contribution in [0.4, 0.5) is 11.4 Å². The summed E-state index contributed by atoms with van der Waals surface area (Å²) in [5, 5.41) is 2.79. The molecule has 0 radical (unpaired) electrons. The molecule has 3 aromatic rings. The molecule has 0 bridgehead atoms. The molecule has 1 heterocycles. The smallest absolute Gasteiger partial charge is 0.267 e. The number of amides is 1. The molecule has 166 valence electrons. The molecule has 1 unspecified atom stereocenters. The van der Waals surface area contributed by atoms with Crippen molar-refractivity contribution >= 4 is 27.3 Å². The van der Waals surface area contributed by atoms with Crippen LogP contribution in [0, 0.1) is 6.92 Å². The topological polar surface area (TPSA) is 84.9 Å². The lowest BCUT2D eigenvalue weighted by molar-refractivity contribution is -0.122. The zero-order chi connectivity index (χ0) is 22.7. The molecule has 32 heavy (non-hydrogen) atoms. The van der Waals surface area contributed by atoms with E-state index < -0.39 is 22.0 Å². The summed E-state index contributed by atoms with van der Waals surface area (Å²) in [6.45, 7) is 4.19. The molecule has 3 aromatic carbocycles. The van der Waals surface area contributed by atoms with E-state index in [-0.39, 0.29) is 11.4 Å². The summed E-state index contributed by atoms with van der Waals surface area (Å²) in [4.78, 5) is 13.1. The number of hydrogen-bond donors (Lipinski definition) is 1. The highest BCUT2D eigenvalue weighted by Gasteiger charge is 2.37. The summed E-state index contributed by atoms with van der Waals surface area (Å²) in [7, 11) is -3.89. The van der Waals surface area contributed by atoms with E-state index >= 15 is 0 Å². The van der Waals surface area contributed by atoms with E-state index in [1.54, 1.807) is 72.8 Å². The quantitative estimate of drug-likeness (QED) is 0.611. The molecule has 0 fully saturated rings. The summed E-state index contributed by atoms with van der Waals surface area (Å²) in [5.74, 6) is 0.595. The summed E-state index contributed by atoms with van der Waals surface area (Å²) < 4.78 is 39.3. The molecule has 0 saturated heterocycles. The number of rotatable bonds is 6. The van der Waals surface area contributed by atoms with Crippen molar-refractivity contribution in [2.45, 2.75) is 24.8 Å². The first-order valence-corrected chi connectivity index (χ1v) is 11.7. The molecule has 1 N–H and O–H groups in total. The van der Waals surface area contributed by atoms with Crippen LogP contribution in [0.2, 0.25) is 0 Å². The third-order valence-corrected chi connectivity index (χ3v) is 6.86. The molecule has 1 atom stereocenters. The molecular weight excluding hydrogens is 428 g/mol. The monoisotopic (exact) mass is 452 g/mol. The first-order chi connectivity index (χ1) is 15.4. The Balaban J connectivity index is 1.60. The van der Waals surface area contributed by atoms with E-state index in [4.69, 9.17) is 9.47 Å². The number of benzene rings is 3. The van der Waals surface area contributed by atoms with E-state index in [0.717, 1.165) is 5.56 Å². The molecule has 0 aliphatic carbocycles. The number of fused-ring (bicyclic) bond motifs is 1. The normalized spacial score (nSPS) is 15.4. The van der Waals surface area contributed by atoms with Crippen LogP contribution in [0.5, 0.6) is 11.5 Å². The average molecular weight is 453 g/mol. The molecule has 1 aliphatic rings. The Labute approximate surface area is 187 Å². The summed E-state index contributed by atoms with van der Waals surface area (Å²) in [5.41, 5.74) is 1.92. The molecule has 1 amide bonds. The first kappa shape index (κ1) is 21.7. The zero-order valence-corrected chi connectivity index (χ0v) is 18.6. The summed E-state index contributed by atoms with van der Waals surface area (Å²) in [6, 6.07) is 20.4. The van der Waals surface area contributed by atoms with Gasteiger partial charge in [0.2, 0.25) is 0 Å². The predicted octanol–water partition coefficient (Wildman–Crippen LogP) is 3.99. The molecule has 0 spiro atoms. The van der Waals surface area contributed by atoms with Gasteiger partial charge >= 0.3 is 0 Å². The predicted molar refractivity (Wildman–Crippen MR) is 123 cm³/mol. The van der Waals surface area contributed by atoms with Gasteiger partial charge in [0.15, 0.2) is 6.10 Å². The second kappa shape index (κ2) is 8.92. The fourth-order valence-corrected chi connectivity index (χ4v) is 4.90. The van der Waals surface area contributed by atoms with Crippen molar-refractivity contribution in [1.82, 2.24) is 0 Å². The van der Waals surface area contributed by atoms with Gasteiger partial charge in [0.1, 0.15) is 11.5 Å². The Hall–Kier alpha value is -3.52. The van der Waals surface area contributed by atoms with Gasteiger partial charge in [-0.3, -0.25) is 9.10 Å². The fourth-order valence-electron chi connectivity index (χ4n) is 3.43. The van der Waals surface area contributed by atoms with Gasteiger partial charge in [0.05, 0.1) is 23.7 Å². The summed E-state index contributed by atoms with van der Waals surface area (Å²) in [6.07, 6.45) is -1.02. The number of carbonyl (C=O) groups excluding carboxylic acids is 1. The van der Waals surface area contributed by atoms with E-state index in [9.17, 15) is 13.2 Å². The number of ether oxygens (including phenoxy) is 2. The second-order valence-corrected chi connectivity index (χ2v) is 9.23. The SMILES string of the molecule is CCOc1ccc(NC(=O)C2CN(S(=O)(=O)c3ccc(C)cc3)c3ccccc3O2)cc1. The summed E-state index contributed by atoms with van der Waals surface area (Å²) >= 11 is 0. The molecular formula is C24H24N2O5S. The van der Waals surface area contributed by atoms with E-state index in [1.807, 2.05) is 13.8 Å². The Bertz CT molecular complexity index is 1210. The van der Waals surface area contributed by atoms with Crippen LogP contribution < -0.4 is 19.1 Å². The van der Waals surface area contributed by atoms with E-state index in [0.29, 0.717) is 29.5 Å². The number of nitrogens with one attached hydrogen (secondary N) is 1. The lowest BCUT2D eigenvalue weighted by atomic mass is 10.2. The van der Waals surface area contributed by atoms with Crippen LogP contribution in [-0.2, 0) is 14.8 Å². The zero-order valence-electron chi connectivity index (χ0n) is 17.8. The molecule has 4 rings (SSSR count). The van der Waals surface area contributed by atoms with Crippen LogP contribution in [0.1, 0.15) is 12.5 Å². The number of nitrogens with zero attached hydrogens (tertiary/aromatic N) is 1. The largest absolute Gasteiger partial charge is 0.494 e. The molecule has 8 heteroatoms. The fraction of sp³-hybridized carbons (Fsp3) is 0.208. The number of carbonyl (C=O) groups is 1. The Morgan fingerprint density at radius 2 is 1.75 bits per heavy atom. The Morgan fingerprint density at radius 1 is 1.06 bits per heavy atom. The van der Waals surface area contributed by atoms with Crippen LogP contribution in [0.3, 0.4) is 0 Å². The van der Waals surface area contributed by atoms with Gasteiger partial charge in [-0.1, -0.05) is 29.8 Å². The van der Waals surface area contributed by atoms with Gasteiger partial charge in [0, 0.05) is 5.69 Å². The van der Waals surface area contributed by atoms with E-state index in [1.165, 1.54) is 4.31 Å². The molecule has 0 saturated carbocycles. The highest BCUT2D eigenvalue weighted by atomic mass is 32.2. The van der Waals surface area contributed by atoms with Gasteiger partial charge in [0.25, 0.3) is 15.9 Å². The number of sulfonamides is 1. The Morgan fingerprint density at radius 3 is 2.44 bits per heavy atom. The number of aryl methyl sites for hydroxylation is 1. The van der Waals surface area contributed by atoms with Crippen molar-refractivity contribution < 1.29 is 22.7 Å². The third kappa shape index (κ3) is 4.40. The maximum absolute atomic E-state index is 13.4. The van der Waals surface area contributed by atoms with Crippen molar-refractivity contribution in [1.29, 1.82) is 0 Å². The minimum Gasteiger partial charge on any atom is -0.494 e. The molecule has 1 aliphatic heterocycles. The average Bonchev–Trinajstić information content (AvgIpc) is 2.80. The van der Waals surface area contributed by atoms with Crippen molar-refractivity contribution in [3.63, 3.8) is 0 Å². The van der Waals surface area contributed by atoms with Crippen molar-refractivity contribution in [3.05, 3.63) is 78.4 Å².